The predicted octanol–water partition coefficient (Wildman–Crippen LogP) is 4.62. The molecule has 0 aliphatic heterocycles. The molecule has 2 nitrogen and oxygen atoms in total. The number of rotatable bonds is 1. The second kappa shape index (κ2) is 4.76. The summed E-state index contributed by atoms with van der Waals surface area (Å²) in [7, 11) is 0. The highest BCUT2D eigenvalue weighted by atomic mass is 127. The van der Waals surface area contributed by atoms with E-state index in [1.165, 1.54) is 10.5 Å². The topological polar surface area (TPSA) is 17.3 Å². The zero-order valence-electron chi connectivity index (χ0n) is 10.0. The molecule has 0 unspecified atom stereocenters. The number of alkyl halides is 3. The number of fused-ring (bicyclic) bond motifs is 1. The molecule has 0 bridgehead atoms. The summed E-state index contributed by atoms with van der Waals surface area (Å²) in [4.78, 5) is 4.12. The Bertz CT molecular complexity index is 760. The minimum atomic E-state index is -4.41. The third-order valence-electron chi connectivity index (χ3n) is 2.93. The molecule has 0 amide bonds. The predicted molar refractivity (Wildman–Crippen MR) is 78.3 cm³/mol. The van der Waals surface area contributed by atoms with Crippen molar-refractivity contribution in [3.63, 3.8) is 0 Å². The third kappa shape index (κ3) is 2.39. The van der Waals surface area contributed by atoms with E-state index in [-0.39, 0.29) is 5.65 Å². The maximum atomic E-state index is 12.9. The molecule has 0 atom stereocenters. The number of hydrogen-bond acceptors (Lipinski definition) is 1. The van der Waals surface area contributed by atoms with Crippen molar-refractivity contribution in [1.29, 1.82) is 0 Å². The Morgan fingerprint density at radius 3 is 2.40 bits per heavy atom. The summed E-state index contributed by atoms with van der Waals surface area (Å²) >= 11 is 2.17. The van der Waals surface area contributed by atoms with Gasteiger partial charge >= 0.3 is 6.18 Å². The average Bonchev–Trinajstić information content (AvgIpc) is 2.81. The number of benzene rings is 1. The fourth-order valence-corrected chi connectivity index (χ4v) is 2.35. The molecule has 0 fully saturated rings. The van der Waals surface area contributed by atoms with Crippen molar-refractivity contribution in [1.82, 2.24) is 9.38 Å². The van der Waals surface area contributed by atoms with Crippen molar-refractivity contribution in [2.45, 2.75) is 6.18 Å². The maximum absolute atomic E-state index is 12.9. The molecule has 3 rings (SSSR count). The van der Waals surface area contributed by atoms with E-state index in [0.717, 1.165) is 15.2 Å². The zero-order chi connectivity index (χ0) is 14.3. The summed E-state index contributed by atoms with van der Waals surface area (Å²) in [5.74, 6) is 0. The van der Waals surface area contributed by atoms with Crippen LogP contribution in [-0.4, -0.2) is 9.38 Å². The molecule has 0 spiro atoms. The van der Waals surface area contributed by atoms with Gasteiger partial charge in [0, 0.05) is 21.5 Å². The number of hydrogen-bond donors (Lipinski definition) is 0. The van der Waals surface area contributed by atoms with Crippen molar-refractivity contribution in [3.05, 3.63) is 57.9 Å². The molecule has 2 aromatic heterocycles. The van der Waals surface area contributed by atoms with Crippen LogP contribution in [0, 0.1) is 3.57 Å². The summed E-state index contributed by atoms with van der Waals surface area (Å²) in [5, 5.41) is 0. The molecule has 0 N–H and O–H groups in total. The second-order valence-corrected chi connectivity index (χ2v) is 5.53. The number of halogens is 4. The van der Waals surface area contributed by atoms with Gasteiger partial charge in [-0.05, 0) is 46.9 Å². The van der Waals surface area contributed by atoms with E-state index in [1.54, 1.807) is 12.4 Å². The van der Waals surface area contributed by atoms with Crippen molar-refractivity contribution in [2.75, 3.05) is 0 Å². The van der Waals surface area contributed by atoms with Gasteiger partial charge in [0.05, 0.1) is 11.3 Å². The SMILES string of the molecule is FC(F)(F)c1cccn2cc(-c3ccc(I)cc3)nc12. The summed E-state index contributed by atoms with van der Waals surface area (Å²) < 4.78 is 41.2. The van der Waals surface area contributed by atoms with Gasteiger partial charge in [-0.15, -0.1) is 0 Å². The van der Waals surface area contributed by atoms with Crippen LogP contribution in [0.2, 0.25) is 0 Å². The zero-order valence-corrected chi connectivity index (χ0v) is 12.2. The highest BCUT2D eigenvalue weighted by Gasteiger charge is 2.33. The Morgan fingerprint density at radius 2 is 1.75 bits per heavy atom. The van der Waals surface area contributed by atoms with E-state index in [9.17, 15) is 13.2 Å². The van der Waals surface area contributed by atoms with Gasteiger partial charge in [-0.3, -0.25) is 0 Å². The van der Waals surface area contributed by atoms with Crippen molar-refractivity contribution >= 4 is 28.2 Å². The van der Waals surface area contributed by atoms with Crippen molar-refractivity contribution in [2.24, 2.45) is 0 Å². The minimum absolute atomic E-state index is 0.0754. The first kappa shape index (κ1) is 13.4. The Morgan fingerprint density at radius 1 is 1.05 bits per heavy atom. The van der Waals surface area contributed by atoms with Gasteiger partial charge in [0.15, 0.2) is 0 Å². The number of nitrogens with zero attached hydrogens (tertiary/aromatic N) is 2. The van der Waals surface area contributed by atoms with Gasteiger partial charge in [0.2, 0.25) is 0 Å². The normalized spacial score (nSPS) is 12.0. The van der Waals surface area contributed by atoms with Crippen LogP contribution < -0.4 is 0 Å². The fourth-order valence-electron chi connectivity index (χ4n) is 1.99. The lowest BCUT2D eigenvalue weighted by Crippen LogP contribution is -2.07. The summed E-state index contributed by atoms with van der Waals surface area (Å²) in [6.45, 7) is 0. The quantitative estimate of drug-likeness (QED) is 0.556. The van der Waals surface area contributed by atoms with Gasteiger partial charge in [-0.1, -0.05) is 12.1 Å². The van der Waals surface area contributed by atoms with Crippen LogP contribution in [-0.2, 0) is 6.18 Å². The first-order valence-corrected chi connectivity index (χ1v) is 6.84. The van der Waals surface area contributed by atoms with Crippen LogP contribution >= 0.6 is 22.6 Å². The maximum Gasteiger partial charge on any atom is 0.419 e. The molecule has 2 heterocycles. The first-order chi connectivity index (χ1) is 9.45. The Hall–Kier alpha value is -1.57. The molecule has 0 saturated carbocycles. The molecule has 6 heteroatoms. The molecule has 3 aromatic rings. The Balaban J connectivity index is 2.18. The Kier molecular flexibility index (Phi) is 3.19. The fraction of sp³-hybridized carbons (Fsp3) is 0.0714. The molecule has 102 valence electrons. The smallest absolute Gasteiger partial charge is 0.306 e. The van der Waals surface area contributed by atoms with E-state index < -0.39 is 11.7 Å². The third-order valence-corrected chi connectivity index (χ3v) is 3.65. The van der Waals surface area contributed by atoms with E-state index >= 15 is 0 Å². The van der Waals surface area contributed by atoms with Crippen LogP contribution in [0.1, 0.15) is 5.56 Å². The van der Waals surface area contributed by atoms with E-state index in [0.29, 0.717) is 5.69 Å². The monoisotopic (exact) mass is 388 g/mol. The van der Waals surface area contributed by atoms with Gasteiger partial charge < -0.3 is 4.40 Å². The van der Waals surface area contributed by atoms with Gasteiger partial charge in [-0.2, -0.15) is 13.2 Å². The lowest BCUT2D eigenvalue weighted by Gasteiger charge is -2.06. The lowest BCUT2D eigenvalue weighted by molar-refractivity contribution is -0.136. The van der Waals surface area contributed by atoms with Crippen LogP contribution in [0.4, 0.5) is 13.2 Å². The van der Waals surface area contributed by atoms with Crippen molar-refractivity contribution in [3.8, 4) is 11.3 Å². The van der Waals surface area contributed by atoms with E-state index in [4.69, 9.17) is 0 Å². The second-order valence-electron chi connectivity index (χ2n) is 4.28. The first-order valence-electron chi connectivity index (χ1n) is 5.76. The summed E-state index contributed by atoms with van der Waals surface area (Å²) in [6.07, 6.45) is -1.24. The molecule has 0 radical (unpaired) electrons. The lowest BCUT2D eigenvalue weighted by atomic mass is 10.2. The Labute approximate surface area is 126 Å². The number of aromatic nitrogens is 2. The molecule has 0 aliphatic rings. The van der Waals surface area contributed by atoms with Crippen molar-refractivity contribution < 1.29 is 13.2 Å². The molecular formula is C14H8F3IN2. The largest absolute Gasteiger partial charge is 0.419 e. The van der Waals surface area contributed by atoms with E-state index in [2.05, 4.69) is 27.6 Å². The standard InChI is InChI=1S/C14H8F3IN2/c15-14(16,17)11-2-1-7-20-8-12(19-13(11)20)9-3-5-10(18)6-4-9/h1-8H. The van der Waals surface area contributed by atoms with Crippen LogP contribution in [0.3, 0.4) is 0 Å². The van der Waals surface area contributed by atoms with E-state index in [1.807, 2.05) is 24.3 Å². The molecule has 0 aliphatic carbocycles. The summed E-state index contributed by atoms with van der Waals surface area (Å²) in [5.41, 5.74) is 0.519. The summed E-state index contributed by atoms with van der Waals surface area (Å²) in [6, 6.07) is 9.89. The van der Waals surface area contributed by atoms with Gasteiger partial charge in [0.25, 0.3) is 0 Å². The molecule has 20 heavy (non-hydrogen) atoms. The minimum Gasteiger partial charge on any atom is -0.306 e. The van der Waals surface area contributed by atoms with Crippen LogP contribution in [0.15, 0.2) is 48.8 Å². The molecular weight excluding hydrogens is 380 g/mol. The van der Waals surface area contributed by atoms with Crippen LogP contribution in [0.25, 0.3) is 16.9 Å². The van der Waals surface area contributed by atoms with Gasteiger partial charge in [0.1, 0.15) is 5.65 Å². The number of imidazole rings is 1. The highest BCUT2D eigenvalue weighted by Crippen LogP contribution is 2.33. The number of pyridine rings is 1. The van der Waals surface area contributed by atoms with Gasteiger partial charge in [-0.25, -0.2) is 4.98 Å². The molecule has 0 saturated heterocycles. The highest BCUT2D eigenvalue weighted by molar-refractivity contribution is 14.1. The van der Waals surface area contributed by atoms with Crippen LogP contribution in [0.5, 0.6) is 0 Å². The molecule has 1 aromatic carbocycles. The average molecular weight is 388 g/mol.